The average molecular weight is 366 g/mol. The molecule has 0 aliphatic rings. The van der Waals surface area contributed by atoms with Crippen LogP contribution in [-0.4, -0.2) is 33.2 Å². The van der Waals surface area contributed by atoms with Gasteiger partial charge in [0.05, 0.1) is 11.1 Å². The summed E-state index contributed by atoms with van der Waals surface area (Å²) in [6, 6.07) is 4.17. The van der Waals surface area contributed by atoms with E-state index in [1.165, 1.54) is 63.6 Å². The molecule has 146 valence electrons. The van der Waals surface area contributed by atoms with E-state index in [4.69, 9.17) is 15.3 Å². The highest BCUT2D eigenvalue weighted by Crippen LogP contribution is 2.13. The highest BCUT2D eigenvalue weighted by molar-refractivity contribution is 5.96. The van der Waals surface area contributed by atoms with Gasteiger partial charge >= 0.3 is 17.9 Å². The maximum absolute atomic E-state index is 10.6. The highest BCUT2D eigenvalue weighted by atomic mass is 16.4. The first-order valence-electron chi connectivity index (χ1n) is 9.09. The fourth-order valence-corrected chi connectivity index (χ4v) is 2.51. The summed E-state index contributed by atoms with van der Waals surface area (Å²) in [4.78, 5) is 31.4. The van der Waals surface area contributed by atoms with Crippen molar-refractivity contribution in [1.82, 2.24) is 0 Å². The SMILES string of the molecule is CCCCCCCCCCC(=O)O.Cc1c(C(=O)O)cccc1C(=O)O. The summed E-state index contributed by atoms with van der Waals surface area (Å²) in [5.74, 6) is -2.88. The zero-order chi connectivity index (χ0) is 19.9. The molecule has 0 aliphatic carbocycles. The molecule has 1 aromatic carbocycles. The van der Waals surface area contributed by atoms with Gasteiger partial charge in [0.15, 0.2) is 0 Å². The largest absolute Gasteiger partial charge is 0.481 e. The molecule has 0 atom stereocenters. The smallest absolute Gasteiger partial charge is 0.335 e. The minimum atomic E-state index is -1.11. The van der Waals surface area contributed by atoms with Gasteiger partial charge in [0.1, 0.15) is 0 Å². The molecule has 0 amide bonds. The third-order valence-electron chi connectivity index (χ3n) is 4.04. The van der Waals surface area contributed by atoms with E-state index in [-0.39, 0.29) is 16.7 Å². The van der Waals surface area contributed by atoms with Gasteiger partial charge in [0, 0.05) is 6.42 Å². The third kappa shape index (κ3) is 10.5. The minimum absolute atomic E-state index is 0.0277. The van der Waals surface area contributed by atoms with Crippen molar-refractivity contribution in [3.8, 4) is 0 Å². The standard InChI is InChI=1S/C11H22O2.C9H8O4/c1-2-3-4-5-6-7-8-9-10-11(12)13;1-5-6(8(10)11)3-2-4-7(5)9(12)13/h2-10H2,1H3,(H,12,13);2-4H,1H3,(H,10,11)(H,12,13). The Morgan fingerprint density at radius 3 is 1.58 bits per heavy atom. The van der Waals surface area contributed by atoms with Gasteiger partial charge < -0.3 is 15.3 Å². The third-order valence-corrected chi connectivity index (χ3v) is 4.04. The Labute approximate surface area is 154 Å². The van der Waals surface area contributed by atoms with Crippen LogP contribution in [0.1, 0.15) is 91.0 Å². The molecule has 0 aromatic heterocycles. The van der Waals surface area contributed by atoms with Crippen molar-refractivity contribution in [3.63, 3.8) is 0 Å². The second-order valence-electron chi connectivity index (χ2n) is 6.21. The number of carboxylic acids is 3. The van der Waals surface area contributed by atoms with Crippen LogP contribution in [0, 0.1) is 6.92 Å². The van der Waals surface area contributed by atoms with E-state index in [1.54, 1.807) is 0 Å². The molecular formula is C20H30O6. The number of hydrogen-bond acceptors (Lipinski definition) is 3. The summed E-state index contributed by atoms with van der Waals surface area (Å²) >= 11 is 0. The molecule has 0 bridgehead atoms. The van der Waals surface area contributed by atoms with Crippen molar-refractivity contribution in [2.24, 2.45) is 0 Å². The molecule has 0 radical (unpaired) electrons. The van der Waals surface area contributed by atoms with E-state index < -0.39 is 17.9 Å². The zero-order valence-electron chi connectivity index (χ0n) is 15.7. The number of unbranched alkanes of at least 4 members (excludes halogenated alkanes) is 7. The Kier molecular flexibility index (Phi) is 12.6. The van der Waals surface area contributed by atoms with Crippen LogP contribution < -0.4 is 0 Å². The van der Waals surface area contributed by atoms with Gasteiger partial charge in [0.2, 0.25) is 0 Å². The molecule has 26 heavy (non-hydrogen) atoms. The summed E-state index contributed by atoms with van der Waals surface area (Å²) in [5, 5.41) is 25.7. The van der Waals surface area contributed by atoms with Crippen LogP contribution in [0.2, 0.25) is 0 Å². The van der Waals surface area contributed by atoms with Crippen LogP contribution in [0.4, 0.5) is 0 Å². The predicted octanol–water partition coefficient (Wildman–Crippen LogP) is 4.99. The van der Waals surface area contributed by atoms with Gasteiger partial charge in [-0.15, -0.1) is 0 Å². The number of carboxylic acid groups (broad SMARTS) is 3. The van der Waals surface area contributed by atoms with Crippen molar-refractivity contribution >= 4 is 17.9 Å². The second-order valence-corrected chi connectivity index (χ2v) is 6.21. The van der Waals surface area contributed by atoms with Gasteiger partial charge in [-0.25, -0.2) is 9.59 Å². The fourth-order valence-electron chi connectivity index (χ4n) is 2.51. The molecule has 0 saturated heterocycles. The van der Waals surface area contributed by atoms with Crippen molar-refractivity contribution in [2.75, 3.05) is 0 Å². The van der Waals surface area contributed by atoms with E-state index in [2.05, 4.69) is 6.92 Å². The van der Waals surface area contributed by atoms with Crippen LogP contribution >= 0.6 is 0 Å². The molecule has 0 aliphatic heterocycles. The summed E-state index contributed by atoms with van der Waals surface area (Å²) in [6.45, 7) is 3.69. The van der Waals surface area contributed by atoms with Crippen LogP contribution in [0.3, 0.4) is 0 Å². The average Bonchev–Trinajstić information content (AvgIpc) is 2.57. The molecule has 6 nitrogen and oxygen atoms in total. The molecule has 1 rings (SSSR count). The Balaban J connectivity index is 0.000000481. The van der Waals surface area contributed by atoms with Crippen molar-refractivity contribution in [1.29, 1.82) is 0 Å². The lowest BCUT2D eigenvalue weighted by Gasteiger charge is -2.03. The van der Waals surface area contributed by atoms with Crippen LogP contribution in [-0.2, 0) is 4.79 Å². The molecule has 6 heteroatoms. The Morgan fingerprint density at radius 2 is 1.19 bits per heavy atom. The Bertz CT molecular complexity index is 547. The fraction of sp³-hybridized carbons (Fsp3) is 0.550. The van der Waals surface area contributed by atoms with E-state index in [9.17, 15) is 14.4 Å². The Hall–Kier alpha value is -2.37. The lowest BCUT2D eigenvalue weighted by molar-refractivity contribution is -0.137. The van der Waals surface area contributed by atoms with Gasteiger partial charge in [-0.1, -0.05) is 57.9 Å². The normalized spacial score (nSPS) is 9.92. The van der Waals surface area contributed by atoms with Gasteiger partial charge in [-0.2, -0.15) is 0 Å². The molecule has 0 unspecified atom stereocenters. The molecule has 3 N–H and O–H groups in total. The maximum atomic E-state index is 10.6. The molecule has 0 fully saturated rings. The molecule has 1 aromatic rings. The number of benzene rings is 1. The van der Waals surface area contributed by atoms with Crippen molar-refractivity contribution < 1.29 is 29.7 Å². The predicted molar refractivity (Wildman–Crippen MR) is 100.0 cm³/mol. The quantitative estimate of drug-likeness (QED) is 0.475. The van der Waals surface area contributed by atoms with Crippen LogP contribution in [0.5, 0.6) is 0 Å². The topological polar surface area (TPSA) is 112 Å². The Morgan fingerprint density at radius 1 is 0.769 bits per heavy atom. The molecule has 0 spiro atoms. The van der Waals surface area contributed by atoms with E-state index in [0.29, 0.717) is 6.42 Å². The summed E-state index contributed by atoms with van der Waals surface area (Å²) in [5.41, 5.74) is 0.335. The van der Waals surface area contributed by atoms with Gasteiger partial charge in [-0.05, 0) is 31.0 Å². The summed E-state index contributed by atoms with van der Waals surface area (Å²) in [7, 11) is 0. The first kappa shape index (κ1) is 23.6. The lowest BCUT2D eigenvalue weighted by atomic mass is 10.0. The van der Waals surface area contributed by atoms with Crippen LogP contribution in [0.25, 0.3) is 0 Å². The second kappa shape index (κ2) is 13.9. The number of hydrogen-bond donors (Lipinski definition) is 3. The first-order valence-corrected chi connectivity index (χ1v) is 9.09. The monoisotopic (exact) mass is 366 g/mol. The molecule has 0 heterocycles. The number of aliphatic carboxylic acids is 1. The summed E-state index contributed by atoms with van der Waals surface area (Å²) in [6.07, 6.45) is 10.1. The number of carbonyl (C=O) groups is 3. The van der Waals surface area contributed by atoms with Crippen molar-refractivity contribution in [2.45, 2.75) is 71.6 Å². The van der Waals surface area contributed by atoms with E-state index in [0.717, 1.165) is 12.8 Å². The molecular weight excluding hydrogens is 336 g/mol. The number of aromatic carboxylic acids is 2. The van der Waals surface area contributed by atoms with Crippen molar-refractivity contribution in [3.05, 3.63) is 34.9 Å². The first-order chi connectivity index (χ1) is 12.3. The molecule has 0 saturated carbocycles. The van der Waals surface area contributed by atoms with E-state index >= 15 is 0 Å². The van der Waals surface area contributed by atoms with Gasteiger partial charge in [-0.3, -0.25) is 4.79 Å². The maximum Gasteiger partial charge on any atom is 0.335 e. The number of rotatable bonds is 11. The van der Waals surface area contributed by atoms with Gasteiger partial charge in [0.25, 0.3) is 0 Å². The zero-order valence-corrected chi connectivity index (χ0v) is 15.7. The summed E-state index contributed by atoms with van der Waals surface area (Å²) < 4.78 is 0. The van der Waals surface area contributed by atoms with Crippen LogP contribution in [0.15, 0.2) is 18.2 Å². The van der Waals surface area contributed by atoms with E-state index in [1.807, 2.05) is 0 Å². The lowest BCUT2D eigenvalue weighted by Crippen LogP contribution is -2.06. The highest BCUT2D eigenvalue weighted by Gasteiger charge is 2.13. The minimum Gasteiger partial charge on any atom is -0.481 e.